The minimum atomic E-state index is 0.0684. The summed E-state index contributed by atoms with van der Waals surface area (Å²) in [4.78, 5) is 35.2. The molecule has 0 aromatic carbocycles. The maximum Gasteiger partial charge on any atom is 0.228 e. The van der Waals surface area contributed by atoms with Gasteiger partial charge in [0.2, 0.25) is 5.91 Å². The largest absolute Gasteiger partial charge is 0.310 e. The van der Waals surface area contributed by atoms with Crippen LogP contribution in [-0.2, 0) is 4.79 Å². The highest BCUT2D eigenvalue weighted by molar-refractivity contribution is 5.94. The number of nitrogens with one attached hydrogen (secondary N) is 1. The van der Waals surface area contributed by atoms with Crippen LogP contribution in [0.3, 0.4) is 0 Å². The van der Waals surface area contributed by atoms with E-state index in [0.29, 0.717) is 11.7 Å². The number of carbonyl (C=O) groups excluding carboxylic acids is 1. The van der Waals surface area contributed by atoms with E-state index in [2.05, 4.69) is 42.1 Å². The summed E-state index contributed by atoms with van der Waals surface area (Å²) in [5.74, 6) is 1.45. The van der Waals surface area contributed by atoms with Crippen molar-refractivity contribution in [2.45, 2.75) is 25.7 Å². The number of nitrogens with zero attached hydrogens (tertiary/aromatic N) is 6. The fraction of sp³-hybridized carbons (Fsp3) is 0.480. The van der Waals surface area contributed by atoms with Crippen LogP contribution in [-0.4, -0.2) is 75.4 Å². The minimum absolute atomic E-state index is 0.0684. The normalized spacial score (nSPS) is 22.3. The second-order valence-corrected chi connectivity index (χ2v) is 9.39. The van der Waals surface area contributed by atoms with Crippen LogP contribution in [0.25, 0.3) is 22.2 Å². The van der Waals surface area contributed by atoms with Gasteiger partial charge in [0.1, 0.15) is 11.5 Å². The van der Waals surface area contributed by atoms with Crippen molar-refractivity contribution < 1.29 is 4.79 Å². The van der Waals surface area contributed by atoms with Crippen molar-refractivity contribution in [3.8, 4) is 11.4 Å². The van der Waals surface area contributed by atoms with Crippen molar-refractivity contribution in [3.05, 3.63) is 43.1 Å². The Morgan fingerprint density at radius 3 is 2.45 bits per heavy atom. The van der Waals surface area contributed by atoms with Crippen molar-refractivity contribution in [2.24, 2.45) is 11.8 Å². The third-order valence-corrected chi connectivity index (χ3v) is 7.01. The molecule has 1 aliphatic heterocycles. The molecule has 3 aromatic heterocycles. The molecule has 4 heterocycles. The molecular formula is C25H31N7O. The first-order valence-corrected chi connectivity index (χ1v) is 11.9. The molecule has 0 bridgehead atoms. The number of likely N-dealkylation sites (N-methyl/N-ethyl adjacent to an activating group) is 1. The zero-order valence-electron chi connectivity index (χ0n) is 19.2. The standard InChI is InChI=1S/C25H31N7O/c1-31-8-10-32(11-9-31)17-18-2-4-19(5-3-18)25(33)30-24-13-20-12-22(23-16-26-6-7-27-23)28-14-21(20)15-29-24/h6-7,12-16,18-19H,2-5,8-11,17H2,1H3,(H,29,30,33). The van der Waals surface area contributed by atoms with Gasteiger partial charge in [0.25, 0.3) is 0 Å². The van der Waals surface area contributed by atoms with Gasteiger partial charge < -0.3 is 15.1 Å². The SMILES string of the molecule is CN1CCN(CC2CCC(C(=O)Nc3cc4cc(-c5cnccn5)ncc4cn3)CC2)CC1. The smallest absolute Gasteiger partial charge is 0.228 e. The minimum Gasteiger partial charge on any atom is -0.310 e. The highest BCUT2D eigenvalue weighted by Gasteiger charge is 2.28. The second kappa shape index (κ2) is 9.89. The Kier molecular flexibility index (Phi) is 6.55. The number of aromatic nitrogens is 4. The van der Waals surface area contributed by atoms with Gasteiger partial charge in [0.15, 0.2) is 0 Å². The van der Waals surface area contributed by atoms with Gasteiger partial charge in [-0.2, -0.15) is 0 Å². The van der Waals surface area contributed by atoms with Crippen molar-refractivity contribution in [1.82, 2.24) is 29.7 Å². The summed E-state index contributed by atoms with van der Waals surface area (Å²) in [5, 5.41) is 4.94. The Balaban J connectivity index is 1.18. The van der Waals surface area contributed by atoms with Crippen molar-refractivity contribution in [3.63, 3.8) is 0 Å². The third-order valence-electron chi connectivity index (χ3n) is 7.01. The Labute approximate surface area is 194 Å². The quantitative estimate of drug-likeness (QED) is 0.646. The van der Waals surface area contributed by atoms with E-state index < -0.39 is 0 Å². The molecule has 0 unspecified atom stereocenters. The number of hydrogen-bond acceptors (Lipinski definition) is 7. The summed E-state index contributed by atoms with van der Waals surface area (Å²) < 4.78 is 0. The lowest BCUT2D eigenvalue weighted by atomic mass is 9.81. The molecule has 8 nitrogen and oxygen atoms in total. The van der Waals surface area contributed by atoms with E-state index in [0.717, 1.165) is 60.9 Å². The lowest BCUT2D eigenvalue weighted by molar-refractivity contribution is -0.121. The first-order chi connectivity index (χ1) is 16.1. The zero-order chi connectivity index (χ0) is 22.6. The molecule has 33 heavy (non-hydrogen) atoms. The average Bonchev–Trinajstić information content (AvgIpc) is 2.86. The average molecular weight is 446 g/mol. The topological polar surface area (TPSA) is 87.1 Å². The molecule has 1 saturated carbocycles. The van der Waals surface area contributed by atoms with E-state index in [9.17, 15) is 4.79 Å². The summed E-state index contributed by atoms with van der Waals surface area (Å²) in [6.45, 7) is 5.83. The molecular weight excluding hydrogens is 414 g/mol. The number of pyridine rings is 2. The van der Waals surface area contributed by atoms with Gasteiger partial charge in [0, 0.05) is 68.8 Å². The first kappa shape index (κ1) is 21.9. The second-order valence-electron chi connectivity index (χ2n) is 9.39. The molecule has 0 spiro atoms. The zero-order valence-corrected chi connectivity index (χ0v) is 19.2. The van der Waals surface area contributed by atoms with Crippen LogP contribution in [0, 0.1) is 11.8 Å². The van der Waals surface area contributed by atoms with Crippen molar-refractivity contribution in [2.75, 3.05) is 45.1 Å². The molecule has 2 fully saturated rings. The molecule has 8 heteroatoms. The molecule has 5 rings (SSSR count). The summed E-state index contributed by atoms with van der Waals surface area (Å²) in [5.41, 5.74) is 1.47. The highest BCUT2D eigenvalue weighted by Crippen LogP contribution is 2.31. The summed E-state index contributed by atoms with van der Waals surface area (Å²) >= 11 is 0. The summed E-state index contributed by atoms with van der Waals surface area (Å²) in [7, 11) is 2.19. The molecule has 1 aliphatic carbocycles. The number of piperazine rings is 1. The number of amides is 1. The monoisotopic (exact) mass is 445 g/mol. The lowest BCUT2D eigenvalue weighted by Gasteiger charge is -2.36. The maximum absolute atomic E-state index is 12.9. The van der Waals surface area contributed by atoms with Crippen LogP contribution >= 0.6 is 0 Å². The van der Waals surface area contributed by atoms with Crippen LogP contribution in [0.15, 0.2) is 43.1 Å². The molecule has 1 N–H and O–H groups in total. The van der Waals surface area contributed by atoms with E-state index in [1.165, 1.54) is 19.6 Å². The number of carbonyl (C=O) groups is 1. The first-order valence-electron chi connectivity index (χ1n) is 11.9. The molecule has 0 radical (unpaired) electrons. The molecule has 1 saturated heterocycles. The fourth-order valence-corrected chi connectivity index (χ4v) is 4.91. The molecule has 0 atom stereocenters. The van der Waals surface area contributed by atoms with Gasteiger partial charge in [-0.25, -0.2) is 4.98 Å². The fourth-order valence-electron chi connectivity index (χ4n) is 4.91. The van der Waals surface area contributed by atoms with Gasteiger partial charge in [0.05, 0.1) is 11.9 Å². The van der Waals surface area contributed by atoms with Gasteiger partial charge in [-0.15, -0.1) is 0 Å². The van der Waals surface area contributed by atoms with E-state index in [1.807, 2.05) is 12.1 Å². The predicted molar refractivity (Wildman–Crippen MR) is 129 cm³/mol. The van der Waals surface area contributed by atoms with E-state index in [4.69, 9.17) is 0 Å². The highest BCUT2D eigenvalue weighted by atomic mass is 16.1. The summed E-state index contributed by atoms with van der Waals surface area (Å²) in [6.07, 6.45) is 12.7. The van der Waals surface area contributed by atoms with Crippen molar-refractivity contribution in [1.29, 1.82) is 0 Å². The Bertz CT molecular complexity index is 1090. The lowest BCUT2D eigenvalue weighted by Crippen LogP contribution is -2.46. The van der Waals surface area contributed by atoms with E-state index in [-0.39, 0.29) is 11.8 Å². The van der Waals surface area contributed by atoms with Gasteiger partial charge in [-0.05, 0) is 56.2 Å². The van der Waals surface area contributed by atoms with Crippen LogP contribution in [0.1, 0.15) is 25.7 Å². The van der Waals surface area contributed by atoms with Crippen molar-refractivity contribution >= 4 is 22.5 Å². The molecule has 172 valence electrons. The Morgan fingerprint density at radius 2 is 1.70 bits per heavy atom. The van der Waals surface area contributed by atoms with E-state index in [1.54, 1.807) is 31.0 Å². The molecule has 1 amide bonds. The summed E-state index contributed by atoms with van der Waals surface area (Å²) in [6, 6.07) is 3.87. The molecule has 2 aliphatic rings. The van der Waals surface area contributed by atoms with E-state index >= 15 is 0 Å². The van der Waals surface area contributed by atoms with Crippen LogP contribution in [0.5, 0.6) is 0 Å². The van der Waals surface area contributed by atoms with Gasteiger partial charge in [-0.3, -0.25) is 19.7 Å². The molecule has 3 aromatic rings. The third kappa shape index (κ3) is 5.34. The number of fused-ring (bicyclic) bond motifs is 1. The number of rotatable bonds is 5. The van der Waals surface area contributed by atoms with Crippen LogP contribution in [0.2, 0.25) is 0 Å². The Hall–Kier alpha value is -2.97. The van der Waals surface area contributed by atoms with Crippen LogP contribution < -0.4 is 5.32 Å². The van der Waals surface area contributed by atoms with Crippen LogP contribution in [0.4, 0.5) is 5.82 Å². The number of hydrogen-bond donors (Lipinski definition) is 1. The maximum atomic E-state index is 12.9. The van der Waals surface area contributed by atoms with Gasteiger partial charge in [-0.1, -0.05) is 0 Å². The Morgan fingerprint density at radius 1 is 0.909 bits per heavy atom. The van der Waals surface area contributed by atoms with Gasteiger partial charge >= 0.3 is 0 Å². The number of anilines is 1. The predicted octanol–water partition coefficient (Wildman–Crippen LogP) is 3.08.